The molecule has 2 saturated heterocycles. The summed E-state index contributed by atoms with van der Waals surface area (Å²) in [5.41, 5.74) is 0.279. The van der Waals surface area contributed by atoms with Crippen LogP contribution in [0.25, 0.3) is 0 Å². The van der Waals surface area contributed by atoms with E-state index in [2.05, 4.69) is 4.72 Å². The third-order valence-electron chi connectivity index (χ3n) is 5.46. The summed E-state index contributed by atoms with van der Waals surface area (Å²) in [6.07, 6.45) is 5.55. The zero-order valence-electron chi connectivity index (χ0n) is 12.5. The fourth-order valence-electron chi connectivity index (χ4n) is 4.18. The van der Waals surface area contributed by atoms with Crippen LogP contribution in [0.1, 0.15) is 32.1 Å². The van der Waals surface area contributed by atoms with E-state index in [1.807, 2.05) is 4.90 Å². The van der Waals surface area contributed by atoms with Crippen molar-refractivity contribution in [2.75, 3.05) is 32.6 Å². The molecule has 0 bridgehead atoms. The second-order valence-corrected chi connectivity index (χ2v) is 8.52. The normalized spacial score (nSPS) is 29.0. The lowest BCUT2D eigenvalue weighted by molar-refractivity contribution is -0.180. The third kappa shape index (κ3) is 2.71. The highest BCUT2D eigenvalue weighted by Gasteiger charge is 2.59. The molecule has 3 fully saturated rings. The molecular formula is C14H24N2O4S. The van der Waals surface area contributed by atoms with E-state index in [9.17, 15) is 13.2 Å². The number of carbonyl (C=O) groups is 1. The summed E-state index contributed by atoms with van der Waals surface area (Å²) in [5.74, 6) is -0.216. The third-order valence-corrected chi connectivity index (χ3v) is 6.70. The molecule has 7 heteroatoms. The first-order chi connectivity index (χ1) is 9.97. The quantitative estimate of drug-likeness (QED) is 0.812. The number of likely N-dealkylation sites (tertiary alicyclic amines) is 1. The molecule has 3 aliphatic rings. The van der Waals surface area contributed by atoms with Gasteiger partial charge in [-0.05, 0) is 38.6 Å². The summed E-state index contributed by atoms with van der Waals surface area (Å²) >= 11 is 0. The van der Waals surface area contributed by atoms with Gasteiger partial charge in [-0.2, -0.15) is 0 Å². The summed E-state index contributed by atoms with van der Waals surface area (Å²) < 4.78 is 30.9. The van der Waals surface area contributed by atoms with E-state index in [1.165, 1.54) is 26.3 Å². The molecule has 0 aromatic rings. The number of amides is 1. The van der Waals surface area contributed by atoms with E-state index in [-0.39, 0.29) is 17.4 Å². The van der Waals surface area contributed by atoms with E-state index >= 15 is 0 Å². The molecule has 1 atom stereocenters. The molecule has 2 heterocycles. The van der Waals surface area contributed by atoms with E-state index in [1.54, 1.807) is 0 Å². The maximum atomic E-state index is 12.4. The van der Waals surface area contributed by atoms with Crippen LogP contribution < -0.4 is 4.72 Å². The highest BCUT2D eigenvalue weighted by atomic mass is 32.2. The second kappa shape index (κ2) is 5.52. The summed E-state index contributed by atoms with van der Waals surface area (Å²) in [6, 6.07) is 0.231. The van der Waals surface area contributed by atoms with Gasteiger partial charge in [-0.25, -0.2) is 13.1 Å². The Balaban J connectivity index is 1.71. The smallest absolute Gasteiger partial charge is 0.239 e. The van der Waals surface area contributed by atoms with Crippen molar-refractivity contribution in [3.8, 4) is 0 Å². The average molecular weight is 316 g/mol. The molecule has 2 aliphatic heterocycles. The van der Waals surface area contributed by atoms with Gasteiger partial charge in [0.2, 0.25) is 15.9 Å². The first-order valence-electron chi connectivity index (χ1n) is 7.76. The molecule has 3 rings (SSSR count). The number of hydrogen-bond donors (Lipinski definition) is 1. The lowest BCUT2D eigenvalue weighted by atomic mass is 9.54. The SMILES string of the molecule is CNS(=O)(=O)CC(=O)N1CC2(CCC2)C1C1CCOCC1. The first-order valence-corrected chi connectivity index (χ1v) is 9.41. The summed E-state index contributed by atoms with van der Waals surface area (Å²) in [5, 5.41) is 0. The molecule has 1 spiro atoms. The van der Waals surface area contributed by atoms with Crippen LogP contribution in [0.5, 0.6) is 0 Å². The van der Waals surface area contributed by atoms with Crippen LogP contribution in [0, 0.1) is 11.3 Å². The number of carbonyl (C=O) groups excluding carboxylic acids is 1. The van der Waals surface area contributed by atoms with Crippen molar-refractivity contribution >= 4 is 15.9 Å². The molecule has 0 aromatic heterocycles. The maximum absolute atomic E-state index is 12.4. The Hall–Kier alpha value is -0.660. The summed E-state index contributed by atoms with van der Waals surface area (Å²) in [4.78, 5) is 14.2. The zero-order valence-corrected chi connectivity index (χ0v) is 13.3. The monoisotopic (exact) mass is 316 g/mol. The van der Waals surface area contributed by atoms with Crippen molar-refractivity contribution in [2.24, 2.45) is 11.3 Å². The van der Waals surface area contributed by atoms with Crippen molar-refractivity contribution in [1.29, 1.82) is 0 Å². The molecule has 120 valence electrons. The standard InChI is InChI=1S/C14H24N2O4S/c1-15-21(18,19)9-12(17)16-10-14(5-2-6-14)13(16)11-3-7-20-8-4-11/h11,13,15H,2-10H2,1H3. The van der Waals surface area contributed by atoms with Gasteiger partial charge in [0.15, 0.2) is 0 Å². The van der Waals surface area contributed by atoms with Gasteiger partial charge in [0.1, 0.15) is 5.75 Å². The van der Waals surface area contributed by atoms with Gasteiger partial charge in [0, 0.05) is 31.2 Å². The predicted octanol–water partition coefficient (Wildman–Crippen LogP) is 0.343. The fourth-order valence-corrected chi connectivity index (χ4v) is 4.82. The molecule has 1 amide bonds. The number of ether oxygens (including phenoxy) is 1. The molecular weight excluding hydrogens is 292 g/mol. The lowest BCUT2D eigenvalue weighted by Crippen LogP contribution is -2.72. The Labute approximate surface area is 126 Å². The molecule has 1 N–H and O–H groups in total. The topological polar surface area (TPSA) is 75.7 Å². The maximum Gasteiger partial charge on any atom is 0.239 e. The number of sulfonamides is 1. The number of hydrogen-bond acceptors (Lipinski definition) is 4. The van der Waals surface area contributed by atoms with Crippen molar-refractivity contribution in [1.82, 2.24) is 9.62 Å². The van der Waals surface area contributed by atoms with Crippen molar-refractivity contribution in [3.63, 3.8) is 0 Å². The molecule has 1 saturated carbocycles. The number of nitrogens with zero attached hydrogens (tertiary/aromatic N) is 1. The Morgan fingerprint density at radius 3 is 2.52 bits per heavy atom. The molecule has 21 heavy (non-hydrogen) atoms. The minimum Gasteiger partial charge on any atom is -0.381 e. The minimum atomic E-state index is -3.49. The van der Waals surface area contributed by atoms with Gasteiger partial charge in [0.25, 0.3) is 0 Å². The van der Waals surface area contributed by atoms with Crippen LogP contribution in [0.3, 0.4) is 0 Å². The van der Waals surface area contributed by atoms with Crippen LogP contribution in [0.4, 0.5) is 0 Å². The van der Waals surface area contributed by atoms with Gasteiger partial charge in [-0.3, -0.25) is 4.79 Å². The fraction of sp³-hybridized carbons (Fsp3) is 0.929. The zero-order chi connectivity index (χ0) is 15.1. The Morgan fingerprint density at radius 1 is 1.33 bits per heavy atom. The van der Waals surface area contributed by atoms with Crippen molar-refractivity contribution in [2.45, 2.75) is 38.1 Å². The van der Waals surface area contributed by atoms with Gasteiger partial charge >= 0.3 is 0 Å². The molecule has 0 aromatic carbocycles. The average Bonchev–Trinajstić information content (AvgIpc) is 2.36. The van der Waals surface area contributed by atoms with E-state index in [0.717, 1.165) is 32.6 Å². The van der Waals surface area contributed by atoms with Crippen LogP contribution >= 0.6 is 0 Å². The first kappa shape index (κ1) is 15.2. The summed E-state index contributed by atoms with van der Waals surface area (Å²) in [6.45, 7) is 2.26. The number of rotatable bonds is 4. The second-order valence-electron chi connectivity index (χ2n) is 6.60. The summed E-state index contributed by atoms with van der Waals surface area (Å²) in [7, 11) is -2.14. The molecule has 1 aliphatic carbocycles. The Bertz CT molecular complexity index is 509. The highest BCUT2D eigenvalue weighted by Crippen LogP contribution is 2.56. The molecule has 1 unspecified atom stereocenters. The molecule has 0 radical (unpaired) electrons. The van der Waals surface area contributed by atoms with Gasteiger partial charge in [-0.1, -0.05) is 6.42 Å². The van der Waals surface area contributed by atoms with Crippen LogP contribution in [0.2, 0.25) is 0 Å². The van der Waals surface area contributed by atoms with Crippen LogP contribution in [0.15, 0.2) is 0 Å². The predicted molar refractivity (Wildman–Crippen MR) is 78.2 cm³/mol. The van der Waals surface area contributed by atoms with E-state index < -0.39 is 15.8 Å². The van der Waals surface area contributed by atoms with E-state index in [4.69, 9.17) is 4.74 Å². The number of nitrogens with one attached hydrogen (secondary N) is 1. The van der Waals surface area contributed by atoms with Gasteiger partial charge < -0.3 is 9.64 Å². The molecule has 6 nitrogen and oxygen atoms in total. The lowest BCUT2D eigenvalue weighted by Gasteiger charge is -2.65. The van der Waals surface area contributed by atoms with Crippen molar-refractivity contribution in [3.05, 3.63) is 0 Å². The Morgan fingerprint density at radius 2 is 2.00 bits per heavy atom. The Kier molecular flexibility index (Phi) is 4.00. The van der Waals surface area contributed by atoms with Gasteiger partial charge in [0.05, 0.1) is 0 Å². The van der Waals surface area contributed by atoms with E-state index in [0.29, 0.717) is 5.92 Å². The largest absolute Gasteiger partial charge is 0.381 e. The van der Waals surface area contributed by atoms with Gasteiger partial charge in [-0.15, -0.1) is 0 Å². The highest BCUT2D eigenvalue weighted by molar-refractivity contribution is 7.90. The van der Waals surface area contributed by atoms with Crippen LogP contribution in [-0.2, 0) is 19.6 Å². The minimum absolute atomic E-state index is 0.231. The van der Waals surface area contributed by atoms with Crippen LogP contribution in [-0.4, -0.2) is 57.8 Å². The van der Waals surface area contributed by atoms with Crippen molar-refractivity contribution < 1.29 is 17.9 Å².